The highest BCUT2D eigenvalue weighted by atomic mass is 127. The van der Waals surface area contributed by atoms with E-state index < -0.39 is 12.3 Å². The van der Waals surface area contributed by atoms with E-state index in [-0.39, 0.29) is 0 Å². The molecule has 2 aromatic carbocycles. The van der Waals surface area contributed by atoms with Crippen molar-refractivity contribution < 1.29 is 19.0 Å². The Morgan fingerprint density at radius 2 is 1.84 bits per heavy atom. The zero-order valence-corrected chi connectivity index (χ0v) is 12.7. The number of rotatable bonds is 4. The minimum atomic E-state index is -1.05. The van der Waals surface area contributed by atoms with Crippen LogP contribution in [-0.4, -0.2) is 26.5 Å². The maximum absolute atomic E-state index is 11.4. The van der Waals surface area contributed by atoms with Crippen molar-refractivity contribution in [3.8, 4) is 5.75 Å². The molecule has 0 aromatic heterocycles. The number of esters is 1. The van der Waals surface area contributed by atoms with Gasteiger partial charge in [-0.05, 0) is 57.6 Å². The van der Waals surface area contributed by atoms with Crippen molar-refractivity contribution in [1.82, 2.24) is 0 Å². The van der Waals surface area contributed by atoms with Crippen molar-refractivity contribution in [3.63, 3.8) is 0 Å². The number of hydrogen-bond donors (Lipinski definition) is 0. The summed E-state index contributed by atoms with van der Waals surface area (Å²) in [6, 6.07) is 11.7. The first-order valence-electron chi connectivity index (χ1n) is 5.60. The number of methoxy groups -OCH3 is 2. The van der Waals surface area contributed by atoms with Crippen LogP contribution in [-0.2, 0) is 14.3 Å². The van der Waals surface area contributed by atoms with E-state index in [1.54, 1.807) is 6.07 Å². The monoisotopic (exact) mass is 372 g/mol. The molecule has 1 unspecified atom stereocenters. The normalized spacial score (nSPS) is 12.2. The molecule has 2 rings (SSSR count). The quantitative estimate of drug-likeness (QED) is 0.470. The summed E-state index contributed by atoms with van der Waals surface area (Å²) < 4.78 is 16.1. The SMILES string of the molecule is COC(=O)C(OC)Oc1ccc2ccc(I)cc2c1. The first-order chi connectivity index (χ1) is 9.13. The van der Waals surface area contributed by atoms with E-state index in [4.69, 9.17) is 9.47 Å². The zero-order chi connectivity index (χ0) is 13.8. The van der Waals surface area contributed by atoms with Crippen LogP contribution in [0.15, 0.2) is 36.4 Å². The van der Waals surface area contributed by atoms with Gasteiger partial charge in [-0.2, -0.15) is 0 Å². The van der Waals surface area contributed by atoms with Gasteiger partial charge in [0.25, 0.3) is 6.29 Å². The van der Waals surface area contributed by atoms with Crippen molar-refractivity contribution in [1.29, 1.82) is 0 Å². The first-order valence-corrected chi connectivity index (χ1v) is 6.68. The molecule has 100 valence electrons. The second kappa shape index (κ2) is 6.21. The minimum Gasteiger partial charge on any atom is -0.464 e. The van der Waals surface area contributed by atoms with Gasteiger partial charge in [0.05, 0.1) is 7.11 Å². The highest BCUT2D eigenvalue weighted by Gasteiger charge is 2.20. The number of hydrogen-bond acceptors (Lipinski definition) is 4. The molecule has 0 spiro atoms. The molecule has 0 aliphatic carbocycles. The summed E-state index contributed by atoms with van der Waals surface area (Å²) in [7, 11) is 2.69. The van der Waals surface area contributed by atoms with Crippen LogP contribution >= 0.6 is 22.6 Å². The number of fused-ring (bicyclic) bond motifs is 1. The van der Waals surface area contributed by atoms with E-state index in [1.807, 2.05) is 30.3 Å². The predicted octanol–water partition coefficient (Wildman–Crippen LogP) is 2.97. The summed E-state index contributed by atoms with van der Waals surface area (Å²) >= 11 is 2.25. The molecule has 0 saturated heterocycles. The van der Waals surface area contributed by atoms with Gasteiger partial charge in [0.1, 0.15) is 5.75 Å². The largest absolute Gasteiger partial charge is 0.464 e. The molecule has 2 aromatic rings. The highest BCUT2D eigenvalue weighted by molar-refractivity contribution is 14.1. The van der Waals surface area contributed by atoms with E-state index in [2.05, 4.69) is 27.3 Å². The Bertz CT molecular complexity index is 597. The standard InChI is InChI=1S/C14H13IO4/c1-17-13(16)14(18-2)19-12-6-4-9-3-5-11(15)7-10(9)8-12/h3-8,14H,1-2H3. The van der Waals surface area contributed by atoms with Crippen LogP contribution in [0.25, 0.3) is 10.8 Å². The Balaban J connectivity index is 2.27. The Labute approximate surface area is 124 Å². The number of carbonyl (C=O) groups is 1. The van der Waals surface area contributed by atoms with Gasteiger partial charge >= 0.3 is 5.97 Å². The van der Waals surface area contributed by atoms with Gasteiger partial charge in [0.15, 0.2) is 0 Å². The van der Waals surface area contributed by atoms with E-state index >= 15 is 0 Å². The molecule has 5 heteroatoms. The molecule has 0 N–H and O–H groups in total. The fraction of sp³-hybridized carbons (Fsp3) is 0.214. The fourth-order valence-corrected chi connectivity index (χ4v) is 2.20. The van der Waals surface area contributed by atoms with Crippen LogP contribution in [0.5, 0.6) is 5.75 Å². The molecule has 1 atom stereocenters. The van der Waals surface area contributed by atoms with Crippen molar-refractivity contribution >= 4 is 39.3 Å². The Morgan fingerprint density at radius 3 is 2.53 bits per heavy atom. The lowest BCUT2D eigenvalue weighted by Crippen LogP contribution is -2.30. The predicted molar refractivity (Wildman–Crippen MR) is 80.1 cm³/mol. The summed E-state index contributed by atoms with van der Waals surface area (Å²) in [6.07, 6.45) is -1.05. The number of benzene rings is 2. The van der Waals surface area contributed by atoms with E-state index in [9.17, 15) is 4.79 Å². The van der Waals surface area contributed by atoms with E-state index in [1.165, 1.54) is 14.2 Å². The summed E-state index contributed by atoms with van der Waals surface area (Å²) in [5.41, 5.74) is 0. The third-order valence-electron chi connectivity index (χ3n) is 2.62. The molecular weight excluding hydrogens is 359 g/mol. The molecule has 4 nitrogen and oxygen atoms in total. The molecule has 0 amide bonds. The van der Waals surface area contributed by atoms with Gasteiger partial charge < -0.3 is 14.2 Å². The average Bonchev–Trinajstić information content (AvgIpc) is 2.43. The van der Waals surface area contributed by atoms with E-state index in [0.717, 1.165) is 14.3 Å². The first kappa shape index (κ1) is 14.1. The third-order valence-corrected chi connectivity index (χ3v) is 3.30. The van der Waals surface area contributed by atoms with Crippen molar-refractivity contribution in [2.24, 2.45) is 0 Å². The maximum Gasteiger partial charge on any atom is 0.376 e. The lowest BCUT2D eigenvalue weighted by Gasteiger charge is -2.15. The van der Waals surface area contributed by atoms with Crippen LogP contribution in [0.1, 0.15) is 0 Å². The maximum atomic E-state index is 11.4. The molecule has 0 radical (unpaired) electrons. The summed E-state index contributed by atoms with van der Waals surface area (Å²) in [4.78, 5) is 11.4. The van der Waals surface area contributed by atoms with Gasteiger partial charge in [-0.15, -0.1) is 0 Å². The number of halogens is 1. The number of carbonyl (C=O) groups excluding carboxylic acids is 1. The molecule has 0 fully saturated rings. The topological polar surface area (TPSA) is 44.8 Å². The molecule has 0 heterocycles. The summed E-state index contributed by atoms with van der Waals surface area (Å²) in [5.74, 6) is -0.00279. The van der Waals surface area contributed by atoms with Crippen molar-refractivity contribution in [2.45, 2.75) is 6.29 Å². The van der Waals surface area contributed by atoms with Crippen molar-refractivity contribution in [3.05, 3.63) is 40.0 Å². The Hall–Kier alpha value is -1.34. The van der Waals surface area contributed by atoms with Gasteiger partial charge in [-0.25, -0.2) is 4.79 Å². The smallest absolute Gasteiger partial charge is 0.376 e. The fourth-order valence-electron chi connectivity index (χ4n) is 1.68. The second-order valence-corrected chi connectivity index (χ2v) is 5.11. The summed E-state index contributed by atoms with van der Waals surface area (Å²) in [6.45, 7) is 0. The molecule has 0 saturated carbocycles. The lowest BCUT2D eigenvalue weighted by atomic mass is 10.1. The molecule has 0 aliphatic heterocycles. The Morgan fingerprint density at radius 1 is 1.11 bits per heavy atom. The zero-order valence-electron chi connectivity index (χ0n) is 10.6. The van der Waals surface area contributed by atoms with Gasteiger partial charge in [-0.3, -0.25) is 0 Å². The van der Waals surface area contributed by atoms with Crippen LogP contribution in [0.3, 0.4) is 0 Å². The van der Waals surface area contributed by atoms with Crippen LogP contribution < -0.4 is 4.74 Å². The van der Waals surface area contributed by atoms with Gasteiger partial charge in [0.2, 0.25) is 0 Å². The highest BCUT2D eigenvalue weighted by Crippen LogP contribution is 2.23. The second-order valence-electron chi connectivity index (χ2n) is 3.86. The number of ether oxygens (including phenoxy) is 3. The van der Waals surface area contributed by atoms with Gasteiger partial charge in [0, 0.05) is 10.7 Å². The molecule has 0 aliphatic rings. The lowest BCUT2D eigenvalue weighted by molar-refractivity contribution is -0.170. The van der Waals surface area contributed by atoms with Crippen molar-refractivity contribution in [2.75, 3.05) is 14.2 Å². The Kier molecular flexibility index (Phi) is 4.60. The average molecular weight is 372 g/mol. The van der Waals surface area contributed by atoms with E-state index in [0.29, 0.717) is 5.75 Å². The molecule has 0 bridgehead atoms. The third kappa shape index (κ3) is 3.36. The molecular formula is C14H13IO4. The molecule has 19 heavy (non-hydrogen) atoms. The summed E-state index contributed by atoms with van der Waals surface area (Å²) in [5, 5.41) is 2.16. The van der Waals surface area contributed by atoms with Crippen LogP contribution in [0, 0.1) is 3.57 Å². The van der Waals surface area contributed by atoms with Gasteiger partial charge in [-0.1, -0.05) is 12.1 Å². The minimum absolute atomic E-state index is 0.562. The van der Waals surface area contributed by atoms with Crippen LogP contribution in [0.4, 0.5) is 0 Å². The van der Waals surface area contributed by atoms with Crippen LogP contribution in [0.2, 0.25) is 0 Å².